The summed E-state index contributed by atoms with van der Waals surface area (Å²) in [5, 5.41) is 4.12. The monoisotopic (exact) mass is 249 g/mol. The normalized spacial score (nSPS) is 13.9. The van der Waals surface area contributed by atoms with Gasteiger partial charge in [-0.1, -0.05) is 41.0 Å². The van der Waals surface area contributed by atoms with Crippen molar-refractivity contribution < 1.29 is 4.84 Å². The molecule has 2 nitrogen and oxygen atoms in total. The van der Waals surface area contributed by atoms with Crippen molar-refractivity contribution in [1.82, 2.24) is 0 Å². The molecule has 16 heavy (non-hydrogen) atoms. The Morgan fingerprint density at radius 3 is 2.88 bits per heavy atom. The summed E-state index contributed by atoms with van der Waals surface area (Å²) in [7, 11) is 0. The van der Waals surface area contributed by atoms with Crippen LogP contribution in [0.1, 0.15) is 16.0 Å². The summed E-state index contributed by atoms with van der Waals surface area (Å²) in [6.45, 7) is 0.540. The van der Waals surface area contributed by atoms with Gasteiger partial charge in [0.1, 0.15) is 12.3 Å². The molecule has 1 aromatic heterocycles. The number of halogens is 1. The van der Waals surface area contributed by atoms with E-state index < -0.39 is 0 Å². The van der Waals surface area contributed by atoms with E-state index in [0.717, 1.165) is 26.1 Å². The lowest BCUT2D eigenvalue weighted by Crippen LogP contribution is -2.11. The van der Waals surface area contributed by atoms with E-state index >= 15 is 0 Å². The molecule has 1 aliphatic heterocycles. The van der Waals surface area contributed by atoms with E-state index in [0.29, 0.717) is 6.61 Å². The highest BCUT2D eigenvalue weighted by Crippen LogP contribution is 2.27. The second kappa shape index (κ2) is 3.92. The van der Waals surface area contributed by atoms with Crippen molar-refractivity contribution in [2.45, 2.75) is 6.61 Å². The number of benzene rings is 1. The van der Waals surface area contributed by atoms with Crippen LogP contribution in [0.15, 0.2) is 41.6 Å². The summed E-state index contributed by atoms with van der Waals surface area (Å²) < 4.78 is 0.765. The fourth-order valence-corrected chi connectivity index (χ4v) is 2.75. The van der Waals surface area contributed by atoms with E-state index in [1.54, 1.807) is 0 Å². The Labute approximate surface area is 102 Å². The number of fused-ring (bicyclic) bond motifs is 1. The molecule has 3 rings (SSSR count). The lowest BCUT2D eigenvalue weighted by molar-refractivity contribution is 0.126. The van der Waals surface area contributed by atoms with Crippen LogP contribution in [0, 0.1) is 0 Å². The van der Waals surface area contributed by atoms with Crippen LogP contribution in [-0.4, -0.2) is 5.71 Å². The zero-order chi connectivity index (χ0) is 11.0. The van der Waals surface area contributed by atoms with Gasteiger partial charge in [-0.25, -0.2) is 0 Å². The minimum absolute atomic E-state index is 0.540. The third-order valence-electron chi connectivity index (χ3n) is 2.45. The predicted molar refractivity (Wildman–Crippen MR) is 66.2 cm³/mol. The molecule has 0 spiro atoms. The van der Waals surface area contributed by atoms with Crippen molar-refractivity contribution in [2.24, 2.45) is 5.16 Å². The van der Waals surface area contributed by atoms with Crippen LogP contribution in [-0.2, 0) is 11.4 Å². The molecule has 0 amide bonds. The van der Waals surface area contributed by atoms with Gasteiger partial charge in [0.15, 0.2) is 0 Å². The van der Waals surface area contributed by atoms with Crippen molar-refractivity contribution in [3.63, 3.8) is 0 Å². The van der Waals surface area contributed by atoms with Crippen LogP contribution in [0.2, 0.25) is 4.34 Å². The zero-order valence-electron chi connectivity index (χ0n) is 8.31. The SMILES string of the molecule is Clc1ccc(C2=NOCc3ccccc32)s1. The smallest absolute Gasteiger partial charge is 0.143 e. The summed E-state index contributed by atoms with van der Waals surface area (Å²) in [5.74, 6) is 0. The Bertz CT molecular complexity index is 562. The minimum Gasteiger partial charge on any atom is -0.390 e. The number of hydrogen-bond donors (Lipinski definition) is 0. The largest absolute Gasteiger partial charge is 0.390 e. The van der Waals surface area contributed by atoms with Crippen molar-refractivity contribution in [2.75, 3.05) is 0 Å². The van der Waals surface area contributed by atoms with E-state index in [1.165, 1.54) is 11.3 Å². The number of hydrogen-bond acceptors (Lipinski definition) is 3. The fraction of sp³-hybridized carbons (Fsp3) is 0.0833. The lowest BCUT2D eigenvalue weighted by Gasteiger charge is -2.14. The van der Waals surface area contributed by atoms with Crippen molar-refractivity contribution in [1.29, 1.82) is 0 Å². The van der Waals surface area contributed by atoms with Gasteiger partial charge in [0, 0.05) is 11.1 Å². The van der Waals surface area contributed by atoms with Gasteiger partial charge in [-0.2, -0.15) is 0 Å². The molecule has 0 fully saturated rings. The summed E-state index contributed by atoms with van der Waals surface area (Å²) in [6.07, 6.45) is 0. The molecule has 2 aromatic rings. The van der Waals surface area contributed by atoms with Gasteiger partial charge in [0.05, 0.1) is 9.21 Å². The van der Waals surface area contributed by atoms with Gasteiger partial charge < -0.3 is 4.84 Å². The second-order valence-corrected chi connectivity index (χ2v) is 5.19. The third-order valence-corrected chi connectivity index (χ3v) is 3.69. The maximum atomic E-state index is 5.93. The highest BCUT2D eigenvalue weighted by atomic mass is 35.5. The molecule has 1 aliphatic rings. The zero-order valence-corrected chi connectivity index (χ0v) is 9.89. The predicted octanol–water partition coefficient (Wildman–Crippen LogP) is 3.68. The maximum Gasteiger partial charge on any atom is 0.143 e. The maximum absolute atomic E-state index is 5.93. The van der Waals surface area contributed by atoms with Gasteiger partial charge in [-0.15, -0.1) is 11.3 Å². The molecule has 4 heteroatoms. The Balaban J connectivity index is 2.12. The van der Waals surface area contributed by atoms with E-state index in [4.69, 9.17) is 16.4 Å². The second-order valence-electron chi connectivity index (χ2n) is 3.47. The van der Waals surface area contributed by atoms with Crippen LogP contribution >= 0.6 is 22.9 Å². The molecule has 0 saturated heterocycles. The first-order valence-electron chi connectivity index (χ1n) is 4.88. The Kier molecular flexibility index (Phi) is 2.42. The van der Waals surface area contributed by atoms with Crippen molar-refractivity contribution in [3.05, 3.63) is 56.7 Å². The first-order chi connectivity index (χ1) is 7.84. The van der Waals surface area contributed by atoms with Gasteiger partial charge in [0.2, 0.25) is 0 Å². The molecular weight excluding hydrogens is 242 g/mol. The molecule has 0 radical (unpaired) electrons. The molecule has 0 bridgehead atoms. The lowest BCUT2D eigenvalue weighted by atomic mass is 10.0. The molecule has 0 unspecified atom stereocenters. The standard InChI is InChI=1S/C12H8ClNOS/c13-11-6-5-10(16-11)12-9-4-2-1-3-8(9)7-15-14-12/h1-6H,7H2. The van der Waals surface area contributed by atoms with Crippen LogP contribution < -0.4 is 0 Å². The first kappa shape index (κ1) is 9.87. The van der Waals surface area contributed by atoms with Gasteiger partial charge >= 0.3 is 0 Å². The molecule has 80 valence electrons. The Morgan fingerprint density at radius 1 is 1.19 bits per heavy atom. The highest BCUT2D eigenvalue weighted by molar-refractivity contribution is 7.18. The first-order valence-corrected chi connectivity index (χ1v) is 6.08. The van der Waals surface area contributed by atoms with Gasteiger partial charge in [-0.3, -0.25) is 0 Å². The molecule has 0 N–H and O–H groups in total. The molecule has 0 atom stereocenters. The van der Waals surface area contributed by atoms with E-state index in [1.807, 2.05) is 24.3 Å². The van der Waals surface area contributed by atoms with Crippen LogP contribution in [0.25, 0.3) is 0 Å². The van der Waals surface area contributed by atoms with Gasteiger partial charge in [-0.05, 0) is 12.1 Å². The highest BCUT2D eigenvalue weighted by Gasteiger charge is 2.17. The molecule has 0 saturated carbocycles. The summed E-state index contributed by atoms with van der Waals surface area (Å²) >= 11 is 7.44. The summed E-state index contributed by atoms with van der Waals surface area (Å²) in [5.41, 5.74) is 3.17. The van der Waals surface area contributed by atoms with Crippen molar-refractivity contribution in [3.8, 4) is 0 Å². The third kappa shape index (κ3) is 1.62. The number of rotatable bonds is 1. The summed E-state index contributed by atoms with van der Waals surface area (Å²) in [4.78, 5) is 6.26. The number of nitrogens with zero attached hydrogens (tertiary/aromatic N) is 1. The van der Waals surface area contributed by atoms with E-state index in [-0.39, 0.29) is 0 Å². The van der Waals surface area contributed by atoms with Crippen molar-refractivity contribution >= 4 is 28.6 Å². The Morgan fingerprint density at radius 2 is 2.06 bits per heavy atom. The fourth-order valence-electron chi connectivity index (χ4n) is 1.71. The molecular formula is C12H8ClNOS. The minimum atomic E-state index is 0.540. The van der Waals surface area contributed by atoms with Crippen LogP contribution in [0.3, 0.4) is 0 Å². The topological polar surface area (TPSA) is 21.6 Å². The molecule has 1 aromatic carbocycles. The van der Waals surface area contributed by atoms with Crippen LogP contribution in [0.4, 0.5) is 0 Å². The van der Waals surface area contributed by atoms with E-state index in [9.17, 15) is 0 Å². The number of thiophene rings is 1. The summed E-state index contributed by atoms with van der Waals surface area (Å²) in [6, 6.07) is 12.0. The average molecular weight is 250 g/mol. The molecule has 2 heterocycles. The van der Waals surface area contributed by atoms with E-state index in [2.05, 4.69) is 17.3 Å². The average Bonchev–Trinajstić information content (AvgIpc) is 2.75. The van der Waals surface area contributed by atoms with Gasteiger partial charge in [0.25, 0.3) is 0 Å². The Hall–Kier alpha value is -1.32. The van der Waals surface area contributed by atoms with Crippen LogP contribution in [0.5, 0.6) is 0 Å². The number of oxime groups is 1. The quantitative estimate of drug-likeness (QED) is 0.756. The molecule has 0 aliphatic carbocycles.